The van der Waals surface area contributed by atoms with E-state index >= 15 is 0 Å². The Bertz CT molecular complexity index is 2880. The Balaban J connectivity index is 0.811. The highest BCUT2D eigenvalue weighted by molar-refractivity contribution is 5.91. The molecule has 6 aromatic rings. The number of imidazole rings is 2. The molecule has 15 nitrogen and oxygen atoms in total. The van der Waals surface area contributed by atoms with E-state index in [1.54, 1.807) is 9.80 Å². The molecule has 1 aliphatic carbocycles. The van der Waals surface area contributed by atoms with Crippen LogP contribution in [0, 0.1) is 5.92 Å². The van der Waals surface area contributed by atoms with Crippen molar-refractivity contribution in [2.45, 2.75) is 102 Å². The quantitative estimate of drug-likeness (QED) is 0.119. The smallest absolute Gasteiger partial charge is 0.410 e. The molecule has 0 unspecified atom stereocenters. The number of nitrogens with one attached hydrogen (secondary N) is 3. The first-order valence-corrected chi connectivity index (χ1v) is 24.3. The van der Waals surface area contributed by atoms with E-state index in [9.17, 15) is 19.2 Å². The van der Waals surface area contributed by atoms with Gasteiger partial charge in [-0.2, -0.15) is 0 Å². The Labute approximate surface area is 401 Å². The molecule has 10 rings (SSSR count). The summed E-state index contributed by atoms with van der Waals surface area (Å²) in [6.07, 6.45) is 6.48. The van der Waals surface area contributed by atoms with Crippen molar-refractivity contribution in [3.05, 3.63) is 120 Å². The number of piperidine rings is 1. The number of aromatic amines is 2. The van der Waals surface area contributed by atoms with Crippen LogP contribution in [0.25, 0.3) is 44.4 Å². The maximum atomic E-state index is 14.5. The van der Waals surface area contributed by atoms with Crippen molar-refractivity contribution in [2.24, 2.45) is 5.92 Å². The van der Waals surface area contributed by atoms with Crippen LogP contribution < -0.4 is 5.32 Å². The van der Waals surface area contributed by atoms with Gasteiger partial charge in [-0.05, 0) is 123 Å². The van der Waals surface area contributed by atoms with Gasteiger partial charge in [0.25, 0.3) is 0 Å². The number of amides is 4. The van der Waals surface area contributed by atoms with Crippen molar-refractivity contribution in [1.29, 1.82) is 0 Å². The molecular formula is C54H60N8O7. The summed E-state index contributed by atoms with van der Waals surface area (Å²) in [4.78, 5) is 75.3. The van der Waals surface area contributed by atoms with Gasteiger partial charge in [0.2, 0.25) is 5.91 Å². The van der Waals surface area contributed by atoms with E-state index in [0.29, 0.717) is 39.0 Å². The fourth-order valence-corrected chi connectivity index (χ4v) is 10.6. The number of nitrogens with zero attached hydrogens (tertiary/aromatic N) is 5. The standard InChI is InChI=1S/C54H60N8O7/c1-54(2,3)69-52(65)60-26-22-34(23-27-60)46(59-51(64)67-4)50(63)61-24-8-13-45(61)49-56-42-21-19-39-29-38(18-20-41(39)47(42)58-49)35-14-15-37-30-40(17-16-36(37)28-35)43-31-55-48(57-43)44-12-9-25-62(44)53(66)68-32-33-10-6-5-7-11-33/h5-7,10-11,14-18,20,28-31,34,44-46H,8-9,12-13,19,21-27,32H2,1-4H3,(H,55,57)(H,56,58)(H,59,64)/t44-,45-,46-/m0/s1. The molecule has 0 saturated carbocycles. The number of alkyl carbamates (subject to hydrolysis) is 1. The largest absolute Gasteiger partial charge is 0.453 e. The van der Waals surface area contributed by atoms with Gasteiger partial charge >= 0.3 is 18.3 Å². The normalized spacial score (nSPS) is 18.7. The third-order valence-corrected chi connectivity index (χ3v) is 14.1. The van der Waals surface area contributed by atoms with Crippen LogP contribution in [0.1, 0.15) is 99.8 Å². The van der Waals surface area contributed by atoms with E-state index in [1.165, 1.54) is 12.7 Å². The highest BCUT2D eigenvalue weighted by Gasteiger charge is 2.42. The molecule has 69 heavy (non-hydrogen) atoms. The monoisotopic (exact) mass is 932 g/mol. The number of carbonyl (C=O) groups excluding carboxylic acids is 4. The number of aromatic nitrogens is 4. The van der Waals surface area contributed by atoms with Gasteiger partial charge in [0.15, 0.2) is 0 Å². The Hall–Kier alpha value is -7.16. The molecule has 5 heterocycles. The topological polar surface area (TPSA) is 175 Å². The van der Waals surface area contributed by atoms with Gasteiger partial charge in [0, 0.05) is 37.3 Å². The average molecular weight is 933 g/mol. The number of H-pyrrole nitrogens is 2. The van der Waals surface area contributed by atoms with Gasteiger partial charge in [0.1, 0.15) is 29.9 Å². The first-order chi connectivity index (χ1) is 33.4. The maximum Gasteiger partial charge on any atom is 0.410 e. The minimum absolute atomic E-state index is 0.161. The Morgan fingerprint density at radius 1 is 0.754 bits per heavy atom. The molecule has 3 aliphatic heterocycles. The molecule has 3 saturated heterocycles. The molecule has 0 bridgehead atoms. The Kier molecular flexibility index (Phi) is 12.6. The predicted octanol–water partition coefficient (Wildman–Crippen LogP) is 9.89. The molecule has 3 N–H and O–H groups in total. The van der Waals surface area contributed by atoms with Gasteiger partial charge in [0.05, 0.1) is 42.5 Å². The lowest BCUT2D eigenvalue weighted by Crippen LogP contribution is -2.55. The average Bonchev–Trinajstić information content (AvgIpc) is 4.21. The third-order valence-electron chi connectivity index (χ3n) is 14.1. The molecule has 3 atom stereocenters. The minimum Gasteiger partial charge on any atom is -0.453 e. The second kappa shape index (κ2) is 19.1. The molecule has 3 fully saturated rings. The molecule has 15 heteroatoms. The van der Waals surface area contributed by atoms with E-state index in [2.05, 4.69) is 69.9 Å². The van der Waals surface area contributed by atoms with Crippen molar-refractivity contribution in [3.8, 4) is 33.6 Å². The fourth-order valence-electron chi connectivity index (χ4n) is 10.6. The van der Waals surface area contributed by atoms with Crippen molar-refractivity contribution in [3.63, 3.8) is 0 Å². The van der Waals surface area contributed by atoms with Gasteiger partial charge < -0.3 is 39.3 Å². The van der Waals surface area contributed by atoms with E-state index in [-0.39, 0.29) is 42.7 Å². The first kappa shape index (κ1) is 45.6. The van der Waals surface area contributed by atoms with Crippen LogP contribution in [-0.2, 0) is 38.5 Å². The molecule has 0 radical (unpaired) electrons. The predicted molar refractivity (Wildman–Crippen MR) is 261 cm³/mol. The van der Waals surface area contributed by atoms with Gasteiger partial charge in [-0.3, -0.25) is 9.69 Å². The summed E-state index contributed by atoms with van der Waals surface area (Å²) >= 11 is 0. The maximum absolute atomic E-state index is 14.5. The number of methoxy groups -OCH3 is 1. The first-order valence-electron chi connectivity index (χ1n) is 24.3. The number of fused-ring (bicyclic) bond motifs is 4. The summed E-state index contributed by atoms with van der Waals surface area (Å²) in [7, 11) is 1.30. The zero-order valence-corrected chi connectivity index (χ0v) is 39.8. The van der Waals surface area contributed by atoms with Crippen LogP contribution in [0.2, 0.25) is 0 Å². The second-order valence-corrected chi connectivity index (χ2v) is 19.8. The number of benzene rings is 4. The summed E-state index contributed by atoms with van der Waals surface area (Å²) in [5.74, 6) is 1.19. The van der Waals surface area contributed by atoms with Crippen LogP contribution in [0.4, 0.5) is 14.4 Å². The summed E-state index contributed by atoms with van der Waals surface area (Å²) in [5.41, 5.74) is 8.89. The molecule has 4 aliphatic rings. The van der Waals surface area contributed by atoms with Crippen molar-refractivity contribution in [1.82, 2.24) is 40.0 Å². The van der Waals surface area contributed by atoms with Crippen LogP contribution in [0.5, 0.6) is 0 Å². The van der Waals surface area contributed by atoms with Crippen molar-refractivity contribution >= 4 is 35.0 Å². The van der Waals surface area contributed by atoms with Crippen LogP contribution in [0.3, 0.4) is 0 Å². The summed E-state index contributed by atoms with van der Waals surface area (Å²) in [6.45, 7) is 7.80. The summed E-state index contributed by atoms with van der Waals surface area (Å²) in [5, 5.41) is 5.09. The Morgan fingerprint density at radius 3 is 2.17 bits per heavy atom. The molecule has 4 aromatic carbocycles. The van der Waals surface area contributed by atoms with Crippen molar-refractivity contribution in [2.75, 3.05) is 33.3 Å². The van der Waals surface area contributed by atoms with Gasteiger partial charge in [-0.15, -0.1) is 0 Å². The van der Waals surface area contributed by atoms with Crippen LogP contribution in [-0.4, -0.2) is 104 Å². The Morgan fingerprint density at radius 2 is 1.43 bits per heavy atom. The van der Waals surface area contributed by atoms with E-state index in [1.807, 2.05) is 62.2 Å². The van der Waals surface area contributed by atoms with Crippen LogP contribution in [0.15, 0.2) is 91.1 Å². The van der Waals surface area contributed by atoms with E-state index in [0.717, 1.165) is 106 Å². The highest BCUT2D eigenvalue weighted by atomic mass is 16.6. The lowest BCUT2D eigenvalue weighted by atomic mass is 9.88. The summed E-state index contributed by atoms with van der Waals surface area (Å²) < 4.78 is 16.2. The SMILES string of the molecule is COC(=O)N[C@H](C(=O)N1CCC[C@H]1c1nc2c([nH]1)-c1ccc(-c3ccc4cc(-c5cnc([C@@H]6CCCN6C(=O)OCc6ccccc6)[nH]5)ccc4c3)cc1CC2)C1CCN(C(=O)OC(C)(C)C)CC1. The number of aryl methyl sites for hydroxylation is 2. The van der Waals surface area contributed by atoms with Crippen LogP contribution >= 0.6 is 0 Å². The van der Waals surface area contributed by atoms with E-state index in [4.69, 9.17) is 24.2 Å². The minimum atomic E-state index is -0.802. The molecule has 4 amide bonds. The number of hydrogen-bond acceptors (Lipinski definition) is 9. The molecule has 358 valence electrons. The number of rotatable bonds is 9. The lowest BCUT2D eigenvalue weighted by molar-refractivity contribution is -0.136. The number of likely N-dealkylation sites (tertiary alicyclic amines) is 3. The molecule has 0 spiro atoms. The second-order valence-electron chi connectivity index (χ2n) is 19.8. The number of carbonyl (C=O) groups is 4. The highest BCUT2D eigenvalue weighted by Crippen LogP contribution is 2.40. The van der Waals surface area contributed by atoms with E-state index < -0.39 is 17.7 Å². The van der Waals surface area contributed by atoms with Crippen molar-refractivity contribution < 1.29 is 33.4 Å². The van der Waals surface area contributed by atoms with Gasteiger partial charge in [-0.1, -0.05) is 72.8 Å². The summed E-state index contributed by atoms with van der Waals surface area (Å²) in [6, 6.07) is 28.1. The number of hydrogen-bond donors (Lipinski definition) is 3. The molecular weight excluding hydrogens is 873 g/mol. The molecule has 2 aromatic heterocycles. The lowest BCUT2D eigenvalue weighted by Gasteiger charge is -2.38. The third kappa shape index (κ3) is 9.64. The van der Waals surface area contributed by atoms with Gasteiger partial charge in [-0.25, -0.2) is 24.4 Å². The zero-order valence-electron chi connectivity index (χ0n) is 39.8. The fraction of sp³-hybridized carbons (Fsp3) is 0.407. The zero-order chi connectivity index (χ0) is 47.8. The number of ether oxygens (including phenoxy) is 3.